The first kappa shape index (κ1) is 19.1. The van der Waals surface area contributed by atoms with Gasteiger partial charge in [0.2, 0.25) is 0 Å². The largest absolute Gasteiger partial charge is 0.508 e. The highest BCUT2D eigenvalue weighted by atomic mass is 16.5. The standard InChI is InChI=1S/C19H22N2O5/c1-4-25-16-7-5-6-8-17(16)26-11-18(23)21-20-10-14-12(2)9-15(22)13(3)19(14)24/h5-10,22,24H,4,11H2,1-3H3,(H,21,23). The van der Waals surface area contributed by atoms with Crippen molar-refractivity contribution in [3.8, 4) is 23.0 Å². The molecule has 0 unspecified atom stereocenters. The van der Waals surface area contributed by atoms with Crippen LogP contribution in [-0.4, -0.2) is 35.5 Å². The van der Waals surface area contributed by atoms with E-state index in [1.807, 2.05) is 13.0 Å². The number of amides is 1. The Labute approximate surface area is 151 Å². The molecular weight excluding hydrogens is 336 g/mol. The Kier molecular flexibility index (Phi) is 6.43. The van der Waals surface area contributed by atoms with E-state index in [2.05, 4.69) is 10.5 Å². The van der Waals surface area contributed by atoms with E-state index in [9.17, 15) is 15.0 Å². The van der Waals surface area contributed by atoms with E-state index in [0.29, 0.717) is 34.8 Å². The number of carbonyl (C=O) groups is 1. The number of rotatable bonds is 7. The number of carbonyl (C=O) groups excluding carboxylic acids is 1. The molecule has 2 aromatic rings. The van der Waals surface area contributed by atoms with Gasteiger partial charge in [0.25, 0.3) is 5.91 Å². The molecule has 2 aromatic carbocycles. The van der Waals surface area contributed by atoms with Gasteiger partial charge in [-0.3, -0.25) is 4.79 Å². The third-order valence-electron chi connectivity index (χ3n) is 3.66. The maximum absolute atomic E-state index is 11.9. The number of aryl methyl sites for hydroxylation is 1. The SMILES string of the molecule is CCOc1ccccc1OCC(=O)NN=Cc1c(C)cc(O)c(C)c1O. The van der Waals surface area contributed by atoms with E-state index in [1.54, 1.807) is 32.0 Å². The molecular formula is C19H22N2O5. The van der Waals surface area contributed by atoms with Gasteiger partial charge in [-0.05, 0) is 44.5 Å². The summed E-state index contributed by atoms with van der Waals surface area (Å²) in [5, 5.41) is 23.5. The lowest BCUT2D eigenvalue weighted by Gasteiger charge is -2.11. The van der Waals surface area contributed by atoms with Gasteiger partial charge >= 0.3 is 0 Å². The summed E-state index contributed by atoms with van der Waals surface area (Å²) in [5.41, 5.74) is 3.73. The number of nitrogens with zero attached hydrogens (tertiary/aromatic N) is 1. The van der Waals surface area contributed by atoms with E-state index in [-0.39, 0.29) is 18.1 Å². The second kappa shape index (κ2) is 8.75. The van der Waals surface area contributed by atoms with E-state index in [1.165, 1.54) is 12.3 Å². The molecule has 0 radical (unpaired) electrons. The minimum absolute atomic E-state index is 0.00236. The maximum atomic E-state index is 11.9. The summed E-state index contributed by atoms with van der Waals surface area (Å²) in [6.45, 7) is 5.42. The number of para-hydroxylation sites is 2. The Morgan fingerprint density at radius 1 is 1.19 bits per heavy atom. The lowest BCUT2D eigenvalue weighted by atomic mass is 10.0. The molecule has 0 heterocycles. The molecule has 2 rings (SSSR count). The highest BCUT2D eigenvalue weighted by Gasteiger charge is 2.11. The topological polar surface area (TPSA) is 100 Å². The van der Waals surface area contributed by atoms with Crippen molar-refractivity contribution >= 4 is 12.1 Å². The Morgan fingerprint density at radius 3 is 2.50 bits per heavy atom. The average molecular weight is 358 g/mol. The van der Waals surface area contributed by atoms with Crippen molar-refractivity contribution < 1.29 is 24.5 Å². The first-order chi connectivity index (χ1) is 12.4. The molecule has 7 heteroatoms. The molecule has 0 spiro atoms. The van der Waals surface area contributed by atoms with E-state index in [0.717, 1.165) is 0 Å². The molecule has 3 N–H and O–H groups in total. The van der Waals surface area contributed by atoms with Crippen LogP contribution in [0.2, 0.25) is 0 Å². The monoisotopic (exact) mass is 358 g/mol. The number of hydrazone groups is 1. The third-order valence-corrected chi connectivity index (χ3v) is 3.66. The molecule has 0 saturated carbocycles. The Hall–Kier alpha value is -3.22. The number of ether oxygens (including phenoxy) is 2. The van der Waals surface area contributed by atoms with Crippen molar-refractivity contribution in [1.29, 1.82) is 0 Å². The van der Waals surface area contributed by atoms with Gasteiger partial charge in [-0.15, -0.1) is 0 Å². The quantitative estimate of drug-likeness (QED) is 0.522. The summed E-state index contributed by atoms with van der Waals surface area (Å²) in [5.74, 6) is 0.493. The predicted molar refractivity (Wildman–Crippen MR) is 98.1 cm³/mol. The summed E-state index contributed by atoms with van der Waals surface area (Å²) in [6, 6.07) is 8.59. The summed E-state index contributed by atoms with van der Waals surface area (Å²) >= 11 is 0. The summed E-state index contributed by atoms with van der Waals surface area (Å²) < 4.78 is 10.9. The van der Waals surface area contributed by atoms with Gasteiger partial charge in [0.05, 0.1) is 12.8 Å². The minimum Gasteiger partial charge on any atom is -0.508 e. The first-order valence-electron chi connectivity index (χ1n) is 8.12. The molecule has 1 amide bonds. The fraction of sp³-hybridized carbons (Fsp3) is 0.263. The fourth-order valence-electron chi connectivity index (χ4n) is 2.25. The van der Waals surface area contributed by atoms with Crippen molar-refractivity contribution in [2.24, 2.45) is 5.10 Å². The molecule has 138 valence electrons. The zero-order valence-corrected chi connectivity index (χ0v) is 14.9. The van der Waals surface area contributed by atoms with Crippen LogP contribution in [0.4, 0.5) is 0 Å². The molecule has 0 atom stereocenters. The number of aromatic hydroxyl groups is 2. The van der Waals surface area contributed by atoms with Crippen LogP contribution in [0.5, 0.6) is 23.0 Å². The highest BCUT2D eigenvalue weighted by molar-refractivity contribution is 5.88. The predicted octanol–water partition coefficient (Wildman–Crippen LogP) is 2.64. The number of phenols is 2. The first-order valence-corrected chi connectivity index (χ1v) is 8.12. The smallest absolute Gasteiger partial charge is 0.277 e. The number of benzene rings is 2. The molecule has 0 aliphatic carbocycles. The van der Waals surface area contributed by atoms with Gasteiger partial charge in [0.1, 0.15) is 11.5 Å². The third kappa shape index (κ3) is 4.66. The zero-order chi connectivity index (χ0) is 19.1. The lowest BCUT2D eigenvalue weighted by Crippen LogP contribution is -2.24. The summed E-state index contributed by atoms with van der Waals surface area (Å²) in [6.07, 6.45) is 1.32. The molecule has 0 aliphatic heterocycles. The Balaban J connectivity index is 1.96. The Morgan fingerprint density at radius 2 is 1.85 bits per heavy atom. The van der Waals surface area contributed by atoms with Gasteiger partial charge in [-0.1, -0.05) is 12.1 Å². The van der Waals surface area contributed by atoms with Crippen LogP contribution in [0.1, 0.15) is 23.6 Å². The maximum Gasteiger partial charge on any atom is 0.277 e. The second-order valence-corrected chi connectivity index (χ2v) is 5.56. The molecule has 0 fully saturated rings. The second-order valence-electron chi connectivity index (χ2n) is 5.56. The Bertz CT molecular complexity index is 818. The van der Waals surface area contributed by atoms with E-state index < -0.39 is 5.91 Å². The van der Waals surface area contributed by atoms with Gasteiger partial charge in [0.15, 0.2) is 18.1 Å². The van der Waals surface area contributed by atoms with Gasteiger partial charge in [-0.2, -0.15) is 5.10 Å². The lowest BCUT2D eigenvalue weighted by molar-refractivity contribution is -0.123. The van der Waals surface area contributed by atoms with Crippen molar-refractivity contribution in [2.75, 3.05) is 13.2 Å². The van der Waals surface area contributed by atoms with Crippen LogP contribution >= 0.6 is 0 Å². The van der Waals surface area contributed by atoms with Crippen LogP contribution in [-0.2, 0) is 4.79 Å². The molecule has 0 saturated heterocycles. The van der Waals surface area contributed by atoms with Crippen LogP contribution in [0.25, 0.3) is 0 Å². The summed E-state index contributed by atoms with van der Waals surface area (Å²) in [4.78, 5) is 11.9. The van der Waals surface area contributed by atoms with Crippen molar-refractivity contribution in [1.82, 2.24) is 5.43 Å². The number of hydrogen-bond acceptors (Lipinski definition) is 6. The molecule has 0 aromatic heterocycles. The van der Waals surface area contributed by atoms with Crippen molar-refractivity contribution in [3.05, 3.63) is 47.0 Å². The molecule has 26 heavy (non-hydrogen) atoms. The number of phenolic OH excluding ortho intramolecular Hbond substituents is 2. The van der Waals surface area contributed by atoms with E-state index >= 15 is 0 Å². The van der Waals surface area contributed by atoms with Crippen LogP contribution in [0.15, 0.2) is 35.4 Å². The minimum atomic E-state index is -0.458. The highest BCUT2D eigenvalue weighted by Crippen LogP contribution is 2.31. The van der Waals surface area contributed by atoms with Gasteiger partial charge < -0.3 is 19.7 Å². The zero-order valence-electron chi connectivity index (χ0n) is 14.9. The van der Waals surface area contributed by atoms with Crippen LogP contribution in [0, 0.1) is 13.8 Å². The van der Waals surface area contributed by atoms with Crippen LogP contribution < -0.4 is 14.9 Å². The van der Waals surface area contributed by atoms with Crippen LogP contribution in [0.3, 0.4) is 0 Å². The van der Waals surface area contributed by atoms with Gasteiger partial charge in [0, 0.05) is 11.1 Å². The average Bonchev–Trinajstić information content (AvgIpc) is 2.62. The van der Waals surface area contributed by atoms with Gasteiger partial charge in [-0.25, -0.2) is 5.43 Å². The van der Waals surface area contributed by atoms with Crippen molar-refractivity contribution in [3.63, 3.8) is 0 Å². The van der Waals surface area contributed by atoms with E-state index in [4.69, 9.17) is 9.47 Å². The fourth-order valence-corrected chi connectivity index (χ4v) is 2.25. The number of hydrogen-bond donors (Lipinski definition) is 3. The van der Waals surface area contributed by atoms with Crippen molar-refractivity contribution in [2.45, 2.75) is 20.8 Å². The summed E-state index contributed by atoms with van der Waals surface area (Å²) in [7, 11) is 0. The normalized spacial score (nSPS) is 10.7. The molecule has 7 nitrogen and oxygen atoms in total. The molecule has 0 aliphatic rings. The number of nitrogens with one attached hydrogen (secondary N) is 1. The molecule has 0 bridgehead atoms.